The summed E-state index contributed by atoms with van der Waals surface area (Å²) in [4.78, 5) is 14.8. The van der Waals surface area contributed by atoms with Crippen LogP contribution in [0, 0.1) is 5.41 Å². The number of hydrogen-bond acceptors (Lipinski definition) is 4. The van der Waals surface area contributed by atoms with E-state index in [0.717, 1.165) is 19.1 Å². The maximum Gasteiger partial charge on any atom is 0.401 e. The SMILES string of the molecule is O=CC1(CN2CCN(CC(F)(F)F)CC2)CCCOC1. The van der Waals surface area contributed by atoms with Crippen LogP contribution in [0.25, 0.3) is 0 Å². The Bertz CT molecular complexity index is 322. The topological polar surface area (TPSA) is 32.8 Å². The minimum atomic E-state index is -4.14. The van der Waals surface area contributed by atoms with Gasteiger partial charge >= 0.3 is 6.18 Å². The molecule has 0 aromatic carbocycles. The standard InChI is InChI=1S/C13H21F3N2O2/c14-13(15,16)9-18-5-3-17(4-6-18)8-12(10-19)2-1-7-20-11-12/h10H,1-9,11H2. The summed E-state index contributed by atoms with van der Waals surface area (Å²) in [6.07, 6.45) is -1.50. The normalized spacial score (nSPS) is 30.4. The fraction of sp³-hybridized carbons (Fsp3) is 0.923. The van der Waals surface area contributed by atoms with Gasteiger partial charge in [0.1, 0.15) is 6.29 Å². The van der Waals surface area contributed by atoms with Gasteiger partial charge in [-0.15, -0.1) is 0 Å². The second-order valence-corrected chi connectivity index (χ2v) is 5.80. The number of hydrogen-bond donors (Lipinski definition) is 0. The van der Waals surface area contributed by atoms with Crippen LogP contribution < -0.4 is 0 Å². The lowest BCUT2D eigenvalue weighted by molar-refractivity contribution is -0.150. The number of nitrogens with zero attached hydrogens (tertiary/aromatic N) is 2. The lowest BCUT2D eigenvalue weighted by atomic mass is 9.83. The van der Waals surface area contributed by atoms with Gasteiger partial charge in [-0.3, -0.25) is 9.80 Å². The van der Waals surface area contributed by atoms with Gasteiger partial charge in [-0.05, 0) is 12.8 Å². The summed E-state index contributed by atoms with van der Waals surface area (Å²) in [7, 11) is 0. The highest BCUT2D eigenvalue weighted by molar-refractivity contribution is 5.60. The van der Waals surface area contributed by atoms with Gasteiger partial charge in [-0.25, -0.2) is 0 Å². The molecule has 20 heavy (non-hydrogen) atoms. The molecule has 4 nitrogen and oxygen atoms in total. The molecule has 0 aromatic rings. The van der Waals surface area contributed by atoms with Gasteiger partial charge in [0.2, 0.25) is 0 Å². The molecule has 0 saturated carbocycles. The molecule has 0 aliphatic carbocycles. The van der Waals surface area contributed by atoms with Crippen molar-refractivity contribution in [1.29, 1.82) is 0 Å². The largest absolute Gasteiger partial charge is 0.401 e. The van der Waals surface area contributed by atoms with Crippen LogP contribution in [0.3, 0.4) is 0 Å². The Hall–Kier alpha value is -0.660. The van der Waals surface area contributed by atoms with Gasteiger partial charge in [0.15, 0.2) is 0 Å². The van der Waals surface area contributed by atoms with Crippen molar-refractivity contribution >= 4 is 6.29 Å². The van der Waals surface area contributed by atoms with Gasteiger partial charge in [0, 0.05) is 39.3 Å². The fourth-order valence-corrected chi connectivity index (χ4v) is 2.93. The van der Waals surface area contributed by atoms with E-state index in [0.29, 0.717) is 45.9 Å². The summed E-state index contributed by atoms with van der Waals surface area (Å²) >= 11 is 0. The Morgan fingerprint density at radius 2 is 1.80 bits per heavy atom. The van der Waals surface area contributed by atoms with Gasteiger partial charge in [-0.1, -0.05) is 0 Å². The van der Waals surface area contributed by atoms with Crippen molar-refractivity contribution in [1.82, 2.24) is 9.80 Å². The highest BCUT2D eigenvalue weighted by Gasteiger charge is 2.37. The zero-order valence-electron chi connectivity index (χ0n) is 11.5. The number of rotatable bonds is 4. The van der Waals surface area contributed by atoms with Gasteiger partial charge < -0.3 is 9.53 Å². The molecule has 2 aliphatic heterocycles. The lowest BCUT2D eigenvalue weighted by Crippen LogP contribution is -2.53. The summed E-state index contributed by atoms with van der Waals surface area (Å²) in [5.74, 6) is 0. The van der Waals surface area contributed by atoms with Crippen molar-refractivity contribution < 1.29 is 22.7 Å². The number of piperazine rings is 1. The highest BCUT2D eigenvalue weighted by atomic mass is 19.4. The lowest BCUT2D eigenvalue weighted by Gasteiger charge is -2.40. The molecule has 0 amide bonds. The quantitative estimate of drug-likeness (QED) is 0.729. The Morgan fingerprint density at radius 3 is 2.30 bits per heavy atom. The predicted octanol–water partition coefficient (Wildman–Crippen LogP) is 1.16. The molecule has 2 aliphatic rings. The van der Waals surface area contributed by atoms with Crippen molar-refractivity contribution in [3.63, 3.8) is 0 Å². The van der Waals surface area contributed by atoms with Crippen LogP contribution in [0.4, 0.5) is 13.2 Å². The molecule has 2 rings (SSSR count). The third-order valence-corrected chi connectivity index (χ3v) is 4.01. The summed E-state index contributed by atoms with van der Waals surface area (Å²) in [5, 5.41) is 0. The molecule has 2 saturated heterocycles. The van der Waals surface area contributed by atoms with Crippen LogP contribution in [0.5, 0.6) is 0 Å². The van der Waals surface area contributed by atoms with Gasteiger partial charge in [0.25, 0.3) is 0 Å². The van der Waals surface area contributed by atoms with Crippen LogP contribution in [0.1, 0.15) is 12.8 Å². The second kappa shape index (κ2) is 6.41. The third-order valence-electron chi connectivity index (χ3n) is 4.01. The fourth-order valence-electron chi connectivity index (χ4n) is 2.93. The van der Waals surface area contributed by atoms with E-state index in [2.05, 4.69) is 4.90 Å². The van der Waals surface area contributed by atoms with Crippen molar-refractivity contribution in [2.75, 3.05) is 52.5 Å². The Labute approximate surface area is 116 Å². The van der Waals surface area contributed by atoms with Crippen molar-refractivity contribution in [3.05, 3.63) is 0 Å². The minimum Gasteiger partial charge on any atom is -0.380 e. The maximum atomic E-state index is 12.3. The van der Waals surface area contributed by atoms with Gasteiger partial charge in [0.05, 0.1) is 18.6 Å². The van der Waals surface area contributed by atoms with Crippen LogP contribution in [-0.4, -0.2) is 74.7 Å². The molecule has 7 heteroatoms. The zero-order valence-corrected chi connectivity index (χ0v) is 11.5. The zero-order chi connectivity index (χ0) is 14.6. The van der Waals surface area contributed by atoms with E-state index in [-0.39, 0.29) is 0 Å². The number of carbonyl (C=O) groups excluding carboxylic acids is 1. The second-order valence-electron chi connectivity index (χ2n) is 5.80. The Kier molecular flexibility index (Phi) is 5.04. The molecular formula is C13H21F3N2O2. The van der Waals surface area contributed by atoms with Crippen LogP contribution in [0.15, 0.2) is 0 Å². The summed E-state index contributed by atoms with van der Waals surface area (Å²) in [5.41, 5.74) is -0.468. The summed E-state index contributed by atoms with van der Waals surface area (Å²) in [6, 6.07) is 0. The first kappa shape index (κ1) is 15.7. The van der Waals surface area contributed by atoms with Crippen molar-refractivity contribution in [3.8, 4) is 0 Å². The monoisotopic (exact) mass is 294 g/mol. The summed E-state index contributed by atoms with van der Waals surface area (Å²) in [6.45, 7) is 2.81. The van der Waals surface area contributed by atoms with Crippen LogP contribution >= 0.6 is 0 Å². The van der Waals surface area contributed by atoms with E-state index in [1.165, 1.54) is 4.90 Å². The molecular weight excluding hydrogens is 273 g/mol. The first-order valence-corrected chi connectivity index (χ1v) is 6.98. The maximum absolute atomic E-state index is 12.3. The van der Waals surface area contributed by atoms with E-state index in [9.17, 15) is 18.0 Å². The molecule has 0 N–H and O–H groups in total. The first-order chi connectivity index (χ1) is 9.42. The molecule has 0 aromatic heterocycles. The Morgan fingerprint density at radius 1 is 1.15 bits per heavy atom. The smallest absolute Gasteiger partial charge is 0.380 e. The minimum absolute atomic E-state index is 0.398. The predicted molar refractivity (Wildman–Crippen MR) is 67.5 cm³/mol. The number of aldehydes is 1. The summed E-state index contributed by atoms with van der Waals surface area (Å²) < 4.78 is 42.3. The number of carbonyl (C=O) groups is 1. The van der Waals surface area contributed by atoms with E-state index < -0.39 is 18.1 Å². The van der Waals surface area contributed by atoms with Crippen molar-refractivity contribution in [2.45, 2.75) is 19.0 Å². The average Bonchev–Trinajstić information content (AvgIpc) is 2.40. The molecule has 116 valence electrons. The van der Waals surface area contributed by atoms with E-state index in [1.807, 2.05) is 0 Å². The highest BCUT2D eigenvalue weighted by Crippen LogP contribution is 2.28. The molecule has 1 unspecified atom stereocenters. The number of alkyl halides is 3. The van der Waals surface area contributed by atoms with Gasteiger partial charge in [-0.2, -0.15) is 13.2 Å². The van der Waals surface area contributed by atoms with E-state index in [1.54, 1.807) is 0 Å². The van der Waals surface area contributed by atoms with E-state index in [4.69, 9.17) is 4.74 Å². The average molecular weight is 294 g/mol. The number of halogens is 3. The van der Waals surface area contributed by atoms with E-state index >= 15 is 0 Å². The Balaban J connectivity index is 1.80. The first-order valence-electron chi connectivity index (χ1n) is 6.98. The molecule has 0 bridgehead atoms. The number of ether oxygens (including phenoxy) is 1. The molecule has 2 fully saturated rings. The molecule has 0 radical (unpaired) electrons. The third kappa shape index (κ3) is 4.43. The molecule has 1 atom stereocenters. The molecule has 2 heterocycles. The van der Waals surface area contributed by atoms with Crippen LogP contribution in [-0.2, 0) is 9.53 Å². The van der Waals surface area contributed by atoms with Crippen molar-refractivity contribution in [2.24, 2.45) is 5.41 Å². The molecule has 0 spiro atoms. The van der Waals surface area contributed by atoms with Crippen LogP contribution in [0.2, 0.25) is 0 Å².